The third kappa shape index (κ3) is 1.23. The van der Waals surface area contributed by atoms with Gasteiger partial charge in [0.25, 0.3) is 0 Å². The van der Waals surface area contributed by atoms with E-state index < -0.39 is 0 Å². The van der Waals surface area contributed by atoms with Crippen LogP contribution in [0.1, 0.15) is 30.5 Å². The molecule has 0 radical (unpaired) electrons. The van der Waals surface area contributed by atoms with Gasteiger partial charge < -0.3 is 4.74 Å². The lowest BCUT2D eigenvalue weighted by molar-refractivity contribution is 0.299. The van der Waals surface area contributed by atoms with Crippen molar-refractivity contribution in [2.24, 2.45) is 7.05 Å². The third-order valence-electron chi connectivity index (χ3n) is 3.26. The van der Waals surface area contributed by atoms with Gasteiger partial charge in [0.05, 0.1) is 29.9 Å². The van der Waals surface area contributed by atoms with Gasteiger partial charge in [0, 0.05) is 7.05 Å². The summed E-state index contributed by atoms with van der Waals surface area (Å²) in [6.07, 6.45) is 2.96. The second kappa shape index (κ2) is 3.27. The number of hydrogen-bond donors (Lipinski definition) is 0. The SMILES string of the molecule is COc1c(C2(C#N)CCC2)c(C)nn1C. The Hall–Kier alpha value is -1.50. The van der Waals surface area contributed by atoms with Gasteiger partial charge in [-0.25, -0.2) is 4.68 Å². The molecule has 1 aromatic heterocycles. The zero-order valence-corrected chi connectivity index (χ0v) is 9.37. The zero-order chi connectivity index (χ0) is 11.1. The number of aryl methyl sites for hydroxylation is 2. The molecule has 0 saturated heterocycles. The van der Waals surface area contributed by atoms with Gasteiger partial charge in [-0.05, 0) is 26.2 Å². The van der Waals surface area contributed by atoms with Crippen molar-refractivity contribution in [1.82, 2.24) is 9.78 Å². The van der Waals surface area contributed by atoms with Gasteiger partial charge in [-0.15, -0.1) is 0 Å². The lowest BCUT2D eigenvalue weighted by atomic mass is 9.65. The fourth-order valence-corrected chi connectivity index (χ4v) is 2.37. The molecule has 0 aromatic carbocycles. The van der Waals surface area contributed by atoms with E-state index in [9.17, 15) is 5.26 Å². The summed E-state index contributed by atoms with van der Waals surface area (Å²) in [5.74, 6) is 0.730. The molecule has 1 aliphatic carbocycles. The van der Waals surface area contributed by atoms with Crippen molar-refractivity contribution in [1.29, 1.82) is 5.26 Å². The highest BCUT2D eigenvalue weighted by molar-refractivity contribution is 5.45. The molecule has 80 valence electrons. The lowest BCUT2D eigenvalue weighted by Gasteiger charge is -2.35. The van der Waals surface area contributed by atoms with Crippen LogP contribution in [0.25, 0.3) is 0 Å². The fourth-order valence-electron chi connectivity index (χ4n) is 2.37. The summed E-state index contributed by atoms with van der Waals surface area (Å²) in [5, 5.41) is 13.6. The number of methoxy groups -OCH3 is 1. The monoisotopic (exact) mass is 205 g/mol. The predicted octanol–water partition coefficient (Wildman–Crippen LogP) is 1.68. The molecule has 1 fully saturated rings. The van der Waals surface area contributed by atoms with Crippen molar-refractivity contribution in [3.05, 3.63) is 11.3 Å². The van der Waals surface area contributed by atoms with Gasteiger partial charge >= 0.3 is 0 Å². The minimum Gasteiger partial charge on any atom is -0.481 e. The molecule has 0 bridgehead atoms. The highest BCUT2D eigenvalue weighted by atomic mass is 16.5. The van der Waals surface area contributed by atoms with Crippen molar-refractivity contribution in [2.45, 2.75) is 31.6 Å². The first-order chi connectivity index (χ1) is 7.14. The number of nitrogens with zero attached hydrogens (tertiary/aromatic N) is 3. The van der Waals surface area contributed by atoms with E-state index in [0.717, 1.165) is 36.4 Å². The molecular formula is C11H15N3O. The van der Waals surface area contributed by atoms with E-state index in [-0.39, 0.29) is 5.41 Å². The molecular weight excluding hydrogens is 190 g/mol. The van der Waals surface area contributed by atoms with Crippen molar-refractivity contribution >= 4 is 0 Å². The number of ether oxygens (including phenoxy) is 1. The minimum absolute atomic E-state index is 0.344. The Morgan fingerprint density at radius 3 is 2.60 bits per heavy atom. The summed E-state index contributed by atoms with van der Waals surface area (Å²) in [4.78, 5) is 0. The van der Waals surface area contributed by atoms with E-state index in [1.807, 2.05) is 14.0 Å². The van der Waals surface area contributed by atoms with Gasteiger partial charge in [-0.2, -0.15) is 10.4 Å². The van der Waals surface area contributed by atoms with E-state index in [0.29, 0.717) is 0 Å². The minimum atomic E-state index is -0.344. The van der Waals surface area contributed by atoms with Crippen LogP contribution in [0.3, 0.4) is 0 Å². The Morgan fingerprint density at radius 1 is 1.53 bits per heavy atom. The molecule has 1 aromatic rings. The molecule has 1 saturated carbocycles. The standard InChI is InChI=1S/C11H15N3O/c1-8-9(10(15-3)14(2)13-8)11(7-12)5-4-6-11/h4-6H2,1-3H3. The van der Waals surface area contributed by atoms with Crippen LogP contribution >= 0.6 is 0 Å². The van der Waals surface area contributed by atoms with Crippen LogP contribution in [-0.2, 0) is 12.5 Å². The Bertz CT molecular complexity index is 424. The van der Waals surface area contributed by atoms with Crippen LogP contribution in [0.15, 0.2) is 0 Å². The number of hydrogen-bond acceptors (Lipinski definition) is 3. The average molecular weight is 205 g/mol. The zero-order valence-electron chi connectivity index (χ0n) is 9.37. The van der Waals surface area contributed by atoms with Crippen LogP contribution < -0.4 is 4.74 Å². The molecule has 0 amide bonds. The smallest absolute Gasteiger partial charge is 0.216 e. The second-order valence-electron chi connectivity index (χ2n) is 4.14. The van der Waals surface area contributed by atoms with Crippen molar-refractivity contribution in [3.8, 4) is 11.9 Å². The van der Waals surface area contributed by atoms with Crippen LogP contribution in [0.4, 0.5) is 0 Å². The van der Waals surface area contributed by atoms with E-state index >= 15 is 0 Å². The van der Waals surface area contributed by atoms with Crippen LogP contribution in [0, 0.1) is 18.3 Å². The van der Waals surface area contributed by atoms with E-state index in [2.05, 4.69) is 11.2 Å². The molecule has 15 heavy (non-hydrogen) atoms. The topological polar surface area (TPSA) is 50.8 Å². The summed E-state index contributed by atoms with van der Waals surface area (Å²) in [5.41, 5.74) is 1.56. The Labute approximate surface area is 89.5 Å². The Kier molecular flexibility index (Phi) is 2.18. The van der Waals surface area contributed by atoms with Crippen molar-refractivity contribution in [2.75, 3.05) is 7.11 Å². The van der Waals surface area contributed by atoms with Crippen LogP contribution in [0.2, 0.25) is 0 Å². The fraction of sp³-hybridized carbons (Fsp3) is 0.636. The highest BCUT2D eigenvalue weighted by Crippen LogP contribution is 2.47. The number of aromatic nitrogens is 2. The molecule has 1 aliphatic rings. The molecule has 2 rings (SSSR count). The predicted molar refractivity (Wildman–Crippen MR) is 55.6 cm³/mol. The quantitative estimate of drug-likeness (QED) is 0.738. The molecule has 4 heteroatoms. The molecule has 0 N–H and O–H groups in total. The maximum Gasteiger partial charge on any atom is 0.216 e. The summed E-state index contributed by atoms with van der Waals surface area (Å²) in [7, 11) is 3.47. The average Bonchev–Trinajstić information content (AvgIpc) is 2.41. The van der Waals surface area contributed by atoms with Crippen molar-refractivity contribution < 1.29 is 4.74 Å². The molecule has 0 spiro atoms. The molecule has 0 unspecified atom stereocenters. The Balaban J connectivity index is 2.56. The van der Waals surface area contributed by atoms with E-state index in [1.54, 1.807) is 11.8 Å². The first kappa shape index (κ1) is 10.0. The lowest BCUT2D eigenvalue weighted by Crippen LogP contribution is -2.33. The first-order valence-corrected chi connectivity index (χ1v) is 5.14. The summed E-state index contributed by atoms with van der Waals surface area (Å²) >= 11 is 0. The highest BCUT2D eigenvalue weighted by Gasteiger charge is 2.44. The summed E-state index contributed by atoms with van der Waals surface area (Å²) in [6, 6.07) is 2.43. The second-order valence-corrected chi connectivity index (χ2v) is 4.14. The van der Waals surface area contributed by atoms with E-state index in [4.69, 9.17) is 4.74 Å². The van der Waals surface area contributed by atoms with E-state index in [1.165, 1.54) is 0 Å². The van der Waals surface area contributed by atoms with Crippen LogP contribution in [-0.4, -0.2) is 16.9 Å². The Morgan fingerprint density at radius 2 is 2.20 bits per heavy atom. The van der Waals surface area contributed by atoms with Gasteiger partial charge in [-0.3, -0.25) is 0 Å². The van der Waals surface area contributed by atoms with Gasteiger partial charge in [0.2, 0.25) is 5.88 Å². The molecule has 0 aliphatic heterocycles. The maximum absolute atomic E-state index is 9.30. The van der Waals surface area contributed by atoms with Gasteiger partial charge in [0.1, 0.15) is 0 Å². The maximum atomic E-state index is 9.30. The van der Waals surface area contributed by atoms with Crippen molar-refractivity contribution in [3.63, 3.8) is 0 Å². The largest absolute Gasteiger partial charge is 0.481 e. The normalized spacial score (nSPS) is 18.0. The van der Waals surface area contributed by atoms with Crippen LogP contribution in [0.5, 0.6) is 5.88 Å². The van der Waals surface area contributed by atoms with Gasteiger partial charge in [0.15, 0.2) is 0 Å². The number of nitriles is 1. The van der Waals surface area contributed by atoms with Gasteiger partial charge in [-0.1, -0.05) is 0 Å². The molecule has 0 atom stereocenters. The summed E-state index contributed by atoms with van der Waals surface area (Å²) < 4.78 is 7.04. The molecule has 1 heterocycles. The number of rotatable bonds is 2. The summed E-state index contributed by atoms with van der Waals surface area (Å²) in [6.45, 7) is 1.94. The first-order valence-electron chi connectivity index (χ1n) is 5.14. The molecule has 4 nitrogen and oxygen atoms in total. The third-order valence-corrected chi connectivity index (χ3v) is 3.26.